The molecule has 1 aliphatic heterocycles. The third kappa shape index (κ3) is 2.79. The molecule has 20 heavy (non-hydrogen) atoms. The van der Waals surface area contributed by atoms with Gasteiger partial charge in [-0.1, -0.05) is 0 Å². The topological polar surface area (TPSA) is 84.2 Å². The third-order valence-electron chi connectivity index (χ3n) is 5.32. The molecule has 3 aliphatic rings. The first-order valence-electron chi connectivity index (χ1n) is 7.36. The summed E-state index contributed by atoms with van der Waals surface area (Å²) in [7, 11) is 0. The van der Waals surface area contributed by atoms with Crippen molar-refractivity contribution in [2.75, 3.05) is 13.1 Å². The van der Waals surface area contributed by atoms with Gasteiger partial charge in [0.1, 0.15) is 0 Å². The molecule has 1 saturated heterocycles. The van der Waals surface area contributed by atoms with Crippen LogP contribution >= 0.6 is 12.4 Å². The van der Waals surface area contributed by atoms with Crippen molar-refractivity contribution in [2.24, 2.45) is 17.1 Å². The van der Waals surface area contributed by atoms with Crippen LogP contribution in [0.2, 0.25) is 0 Å². The highest BCUT2D eigenvalue weighted by molar-refractivity contribution is 5.85. The number of primary amides is 1. The molecular formula is C14H24ClN3O2. The van der Waals surface area contributed by atoms with Crippen LogP contribution in [0.1, 0.15) is 44.9 Å². The van der Waals surface area contributed by atoms with E-state index in [4.69, 9.17) is 5.73 Å². The minimum absolute atomic E-state index is 0. The van der Waals surface area contributed by atoms with Crippen LogP contribution in [0.4, 0.5) is 0 Å². The first-order valence-corrected chi connectivity index (χ1v) is 7.36. The first kappa shape index (κ1) is 15.6. The molecule has 4 N–H and O–H groups in total. The Labute approximate surface area is 125 Å². The average Bonchev–Trinajstić information content (AvgIpc) is 3.00. The van der Waals surface area contributed by atoms with Crippen LogP contribution in [0.5, 0.6) is 0 Å². The van der Waals surface area contributed by atoms with Gasteiger partial charge in [0.25, 0.3) is 0 Å². The van der Waals surface area contributed by atoms with Gasteiger partial charge in [-0.3, -0.25) is 9.59 Å². The molecule has 6 heteroatoms. The second kappa shape index (κ2) is 5.53. The monoisotopic (exact) mass is 301 g/mol. The van der Waals surface area contributed by atoms with Gasteiger partial charge in [0, 0.05) is 17.9 Å². The maximum Gasteiger partial charge on any atom is 0.224 e. The lowest BCUT2D eigenvalue weighted by molar-refractivity contribution is -0.128. The minimum Gasteiger partial charge on any atom is -0.370 e. The smallest absolute Gasteiger partial charge is 0.224 e. The molecule has 0 radical (unpaired) electrons. The predicted molar refractivity (Wildman–Crippen MR) is 78.4 cm³/mol. The number of hydrogen-bond donors (Lipinski definition) is 3. The van der Waals surface area contributed by atoms with Crippen LogP contribution in [0.15, 0.2) is 0 Å². The lowest BCUT2D eigenvalue weighted by Gasteiger charge is -2.42. The summed E-state index contributed by atoms with van der Waals surface area (Å²) in [5.41, 5.74) is 5.23. The van der Waals surface area contributed by atoms with Gasteiger partial charge < -0.3 is 16.4 Å². The molecule has 1 heterocycles. The molecule has 3 rings (SSSR count). The Kier molecular flexibility index (Phi) is 4.30. The molecule has 0 aromatic heterocycles. The van der Waals surface area contributed by atoms with E-state index in [9.17, 15) is 9.59 Å². The lowest BCUT2D eigenvalue weighted by Crippen LogP contribution is -2.56. The molecule has 2 aliphatic carbocycles. The second-order valence-electron chi connectivity index (χ2n) is 6.64. The Balaban J connectivity index is 0.00000147. The molecule has 1 spiro atoms. The Morgan fingerprint density at radius 3 is 2.35 bits per heavy atom. The largest absolute Gasteiger partial charge is 0.370 e. The summed E-state index contributed by atoms with van der Waals surface area (Å²) in [5.74, 6) is 0.00942. The zero-order valence-electron chi connectivity index (χ0n) is 11.7. The summed E-state index contributed by atoms with van der Waals surface area (Å²) in [6, 6.07) is 0. The molecule has 5 nitrogen and oxygen atoms in total. The van der Waals surface area contributed by atoms with Crippen molar-refractivity contribution in [1.29, 1.82) is 0 Å². The number of hydrogen-bond acceptors (Lipinski definition) is 3. The minimum atomic E-state index is -0.320. The van der Waals surface area contributed by atoms with E-state index in [-0.39, 0.29) is 41.1 Å². The van der Waals surface area contributed by atoms with Gasteiger partial charge in [-0.2, -0.15) is 0 Å². The van der Waals surface area contributed by atoms with E-state index >= 15 is 0 Å². The normalized spacial score (nSPS) is 28.9. The lowest BCUT2D eigenvalue weighted by atomic mass is 9.74. The zero-order valence-corrected chi connectivity index (χ0v) is 12.6. The van der Waals surface area contributed by atoms with E-state index < -0.39 is 0 Å². The zero-order chi connectivity index (χ0) is 13.5. The fraction of sp³-hybridized carbons (Fsp3) is 0.857. The second-order valence-corrected chi connectivity index (χ2v) is 6.64. The van der Waals surface area contributed by atoms with Gasteiger partial charge in [0.2, 0.25) is 11.8 Å². The predicted octanol–water partition coefficient (Wildman–Crippen LogP) is 0.712. The molecule has 1 atom stereocenters. The number of amides is 2. The number of nitrogens with two attached hydrogens (primary N) is 1. The molecular weight excluding hydrogens is 278 g/mol. The summed E-state index contributed by atoms with van der Waals surface area (Å²) in [5, 5.41) is 6.48. The molecule has 114 valence electrons. The van der Waals surface area contributed by atoms with E-state index in [0.29, 0.717) is 6.42 Å². The molecule has 0 aromatic rings. The summed E-state index contributed by atoms with van der Waals surface area (Å²) in [6.45, 7) is 2.05. The molecule has 2 saturated carbocycles. The summed E-state index contributed by atoms with van der Waals surface area (Å²) >= 11 is 0. The van der Waals surface area contributed by atoms with Crippen molar-refractivity contribution in [3.8, 4) is 0 Å². The summed E-state index contributed by atoms with van der Waals surface area (Å²) < 4.78 is 0. The fourth-order valence-electron chi connectivity index (χ4n) is 3.83. The van der Waals surface area contributed by atoms with Gasteiger partial charge in [0.05, 0.1) is 0 Å². The van der Waals surface area contributed by atoms with Gasteiger partial charge in [-0.05, 0) is 57.0 Å². The Hall–Kier alpha value is -0.810. The van der Waals surface area contributed by atoms with Crippen LogP contribution in [-0.2, 0) is 9.59 Å². The van der Waals surface area contributed by atoms with Crippen molar-refractivity contribution in [3.05, 3.63) is 0 Å². The molecule has 0 bridgehead atoms. The van der Waals surface area contributed by atoms with Crippen LogP contribution < -0.4 is 16.4 Å². The highest BCUT2D eigenvalue weighted by atomic mass is 35.5. The molecule has 2 amide bonds. The van der Waals surface area contributed by atoms with Gasteiger partial charge in [0.15, 0.2) is 0 Å². The van der Waals surface area contributed by atoms with Gasteiger partial charge in [-0.25, -0.2) is 0 Å². The maximum absolute atomic E-state index is 12.4. The number of carbonyl (C=O) groups excluding carboxylic acids is 2. The Morgan fingerprint density at radius 2 is 1.85 bits per heavy atom. The van der Waals surface area contributed by atoms with Crippen molar-refractivity contribution in [1.82, 2.24) is 10.6 Å². The SMILES string of the molecule is Cl.NC(=O)CC1(NC(=O)C2CC23CCNCC3)CCC1. The Bertz CT molecular complexity index is 403. The molecule has 3 fully saturated rings. The third-order valence-corrected chi connectivity index (χ3v) is 5.32. The van der Waals surface area contributed by atoms with Crippen LogP contribution in [0, 0.1) is 11.3 Å². The standard InChI is InChI=1S/C14H23N3O2.ClH/c15-11(18)9-14(2-1-3-14)17-12(19)10-8-13(10)4-6-16-7-5-13;/h10,16H,1-9H2,(H2,15,18)(H,17,19);1H. The van der Waals surface area contributed by atoms with E-state index in [2.05, 4.69) is 10.6 Å². The summed E-state index contributed by atoms with van der Waals surface area (Å²) in [6.07, 6.45) is 6.38. The maximum atomic E-state index is 12.4. The Morgan fingerprint density at radius 1 is 1.20 bits per heavy atom. The summed E-state index contributed by atoms with van der Waals surface area (Å²) in [4.78, 5) is 23.5. The average molecular weight is 302 g/mol. The number of piperidine rings is 1. The van der Waals surface area contributed by atoms with Crippen LogP contribution in [0.3, 0.4) is 0 Å². The van der Waals surface area contributed by atoms with E-state index in [1.54, 1.807) is 0 Å². The quantitative estimate of drug-likeness (QED) is 0.715. The van der Waals surface area contributed by atoms with Crippen molar-refractivity contribution >= 4 is 24.2 Å². The van der Waals surface area contributed by atoms with Crippen LogP contribution in [0.25, 0.3) is 0 Å². The van der Waals surface area contributed by atoms with E-state index in [1.165, 1.54) is 0 Å². The fourth-order valence-corrected chi connectivity index (χ4v) is 3.83. The first-order chi connectivity index (χ1) is 9.05. The van der Waals surface area contributed by atoms with Crippen molar-refractivity contribution in [3.63, 3.8) is 0 Å². The van der Waals surface area contributed by atoms with Gasteiger partial charge >= 0.3 is 0 Å². The van der Waals surface area contributed by atoms with E-state index in [1.807, 2.05) is 0 Å². The van der Waals surface area contributed by atoms with Crippen LogP contribution in [-0.4, -0.2) is 30.4 Å². The number of nitrogens with one attached hydrogen (secondary N) is 2. The van der Waals surface area contributed by atoms with Crippen molar-refractivity contribution in [2.45, 2.75) is 50.5 Å². The molecule has 0 aromatic carbocycles. The number of rotatable bonds is 4. The van der Waals surface area contributed by atoms with Crippen molar-refractivity contribution < 1.29 is 9.59 Å². The highest BCUT2D eigenvalue weighted by Gasteiger charge is 2.58. The highest BCUT2D eigenvalue weighted by Crippen LogP contribution is 2.58. The number of carbonyl (C=O) groups is 2. The number of halogens is 1. The van der Waals surface area contributed by atoms with E-state index in [0.717, 1.165) is 51.6 Å². The van der Waals surface area contributed by atoms with Gasteiger partial charge in [-0.15, -0.1) is 12.4 Å². The molecule has 1 unspecified atom stereocenters.